The summed E-state index contributed by atoms with van der Waals surface area (Å²) in [4.78, 5) is 23.9. The number of aromatic nitrogens is 2. The Labute approximate surface area is 180 Å². The first-order valence-electron chi connectivity index (χ1n) is 9.45. The number of nitrogens with one attached hydrogen (secondary N) is 1. The second-order valence-corrected chi connectivity index (χ2v) is 6.84. The number of amides is 1. The molecule has 0 fully saturated rings. The van der Waals surface area contributed by atoms with E-state index in [4.69, 9.17) is 9.15 Å². The maximum absolute atomic E-state index is 13.8. The van der Waals surface area contributed by atoms with Gasteiger partial charge in [-0.15, -0.1) is 5.10 Å². The van der Waals surface area contributed by atoms with E-state index in [1.54, 1.807) is 42.5 Å². The average Bonchev–Trinajstić information content (AvgIpc) is 3.12. The largest absolute Gasteiger partial charge is 0.496 e. The third kappa shape index (κ3) is 4.00. The number of rotatable bonds is 5. The van der Waals surface area contributed by atoms with E-state index in [-0.39, 0.29) is 5.89 Å². The number of aryl methyl sites for hydroxylation is 1. The van der Waals surface area contributed by atoms with Crippen LogP contribution in [0.25, 0.3) is 22.6 Å². The van der Waals surface area contributed by atoms with Gasteiger partial charge in [-0.3, -0.25) is 4.79 Å². The van der Waals surface area contributed by atoms with Crippen LogP contribution in [0.5, 0.6) is 5.75 Å². The number of carbonyl (C=O) groups excluding carboxylic acids is 1. The highest BCUT2D eigenvalue weighted by atomic mass is 19.1. The Hall–Kier alpha value is -4.27. The van der Waals surface area contributed by atoms with Gasteiger partial charge in [0.05, 0.1) is 7.11 Å². The van der Waals surface area contributed by atoms with Crippen molar-refractivity contribution in [1.82, 2.24) is 9.78 Å². The van der Waals surface area contributed by atoms with Crippen LogP contribution in [0.4, 0.5) is 14.5 Å². The lowest BCUT2D eigenvalue weighted by Crippen LogP contribution is -2.15. The van der Waals surface area contributed by atoms with E-state index in [0.717, 1.165) is 22.4 Å². The molecule has 0 bridgehead atoms. The first kappa shape index (κ1) is 21.0. The minimum atomic E-state index is -0.943. The molecule has 0 aliphatic heterocycles. The summed E-state index contributed by atoms with van der Waals surface area (Å²) in [5, 5.41) is 6.53. The normalized spacial score (nSPS) is 10.8. The second-order valence-electron chi connectivity index (χ2n) is 6.84. The predicted molar refractivity (Wildman–Crippen MR) is 113 cm³/mol. The van der Waals surface area contributed by atoms with Gasteiger partial charge in [0.15, 0.2) is 0 Å². The Balaban J connectivity index is 1.63. The fraction of sp³-hybridized carbons (Fsp3) is 0.0870. The molecule has 9 heteroatoms. The molecule has 0 unspecified atom stereocenters. The van der Waals surface area contributed by atoms with Crippen molar-refractivity contribution in [1.29, 1.82) is 0 Å². The molecule has 4 rings (SSSR count). The van der Waals surface area contributed by atoms with Crippen molar-refractivity contribution in [2.75, 3.05) is 12.4 Å². The number of methoxy groups -OCH3 is 1. The summed E-state index contributed by atoms with van der Waals surface area (Å²) in [7, 11) is 3.01. The van der Waals surface area contributed by atoms with Gasteiger partial charge in [-0.25, -0.2) is 13.6 Å². The van der Waals surface area contributed by atoms with Gasteiger partial charge < -0.3 is 14.5 Å². The first-order valence-corrected chi connectivity index (χ1v) is 9.45. The highest BCUT2D eigenvalue weighted by Gasteiger charge is 2.17. The summed E-state index contributed by atoms with van der Waals surface area (Å²) < 4.78 is 39.3. The zero-order chi connectivity index (χ0) is 22.8. The predicted octanol–water partition coefficient (Wildman–Crippen LogP) is 4.25. The number of hydrogen-bond acceptors (Lipinski definition) is 5. The third-order valence-corrected chi connectivity index (χ3v) is 4.78. The van der Waals surface area contributed by atoms with Gasteiger partial charge in [0.1, 0.15) is 22.9 Å². The lowest BCUT2D eigenvalue weighted by atomic mass is 10.0. The lowest BCUT2D eigenvalue weighted by Gasteiger charge is -2.11. The fourth-order valence-corrected chi connectivity index (χ4v) is 3.17. The second kappa shape index (κ2) is 8.46. The number of benzene rings is 3. The van der Waals surface area contributed by atoms with E-state index < -0.39 is 28.9 Å². The SMILES string of the molecule is COc1ccc(-c2nn(C)c(=O)o2)cc1-c1ccc(NC(=O)c2c(F)cccc2F)cc1. The monoisotopic (exact) mass is 437 g/mol. The van der Waals surface area contributed by atoms with Gasteiger partial charge >= 0.3 is 5.76 Å². The number of ether oxygens (including phenoxy) is 1. The van der Waals surface area contributed by atoms with Gasteiger partial charge in [-0.1, -0.05) is 18.2 Å². The van der Waals surface area contributed by atoms with Gasteiger partial charge in [0.2, 0.25) is 5.89 Å². The number of anilines is 1. The van der Waals surface area contributed by atoms with Crippen LogP contribution in [0.15, 0.2) is 69.9 Å². The molecule has 7 nitrogen and oxygen atoms in total. The third-order valence-electron chi connectivity index (χ3n) is 4.78. The van der Waals surface area contributed by atoms with Crippen LogP contribution in [-0.4, -0.2) is 22.8 Å². The van der Waals surface area contributed by atoms with Crippen LogP contribution in [0, 0.1) is 11.6 Å². The van der Waals surface area contributed by atoms with E-state index in [2.05, 4.69) is 10.4 Å². The Morgan fingerprint density at radius 3 is 2.28 bits per heavy atom. The number of hydrogen-bond donors (Lipinski definition) is 1. The molecule has 1 amide bonds. The molecule has 0 saturated heterocycles. The number of nitrogens with zero attached hydrogens (tertiary/aromatic N) is 2. The molecule has 1 heterocycles. The van der Waals surface area contributed by atoms with E-state index in [1.165, 1.54) is 20.2 Å². The first-order chi connectivity index (χ1) is 15.4. The van der Waals surface area contributed by atoms with Crippen LogP contribution >= 0.6 is 0 Å². The standard InChI is InChI=1S/C23H17F2N3O4/c1-28-23(30)32-22(27-28)14-8-11-19(31-2)16(12-14)13-6-9-15(10-7-13)26-21(29)20-17(24)4-3-5-18(20)25/h3-12H,1-2H3,(H,26,29). The Bertz CT molecular complexity index is 1340. The van der Waals surface area contributed by atoms with Crippen molar-refractivity contribution in [2.45, 2.75) is 0 Å². The van der Waals surface area contributed by atoms with Crippen molar-refractivity contribution in [3.8, 4) is 28.3 Å². The van der Waals surface area contributed by atoms with Crippen molar-refractivity contribution in [3.05, 3.63) is 88.4 Å². The summed E-state index contributed by atoms with van der Waals surface area (Å²) in [5.41, 5.74) is 1.70. The summed E-state index contributed by atoms with van der Waals surface area (Å²) in [6, 6.07) is 15.0. The molecule has 1 N–H and O–H groups in total. The molecule has 0 aliphatic rings. The maximum atomic E-state index is 13.8. The van der Waals surface area contributed by atoms with Crippen LogP contribution in [-0.2, 0) is 7.05 Å². The highest BCUT2D eigenvalue weighted by Crippen LogP contribution is 2.34. The molecule has 32 heavy (non-hydrogen) atoms. The van der Waals surface area contributed by atoms with E-state index in [0.29, 0.717) is 22.6 Å². The van der Waals surface area contributed by atoms with Crippen molar-refractivity contribution in [3.63, 3.8) is 0 Å². The Morgan fingerprint density at radius 1 is 1.03 bits per heavy atom. The zero-order valence-electron chi connectivity index (χ0n) is 17.1. The Morgan fingerprint density at radius 2 is 1.69 bits per heavy atom. The summed E-state index contributed by atoms with van der Waals surface area (Å²) in [6.07, 6.45) is 0. The molecule has 0 atom stereocenters. The summed E-state index contributed by atoms with van der Waals surface area (Å²) >= 11 is 0. The summed E-state index contributed by atoms with van der Waals surface area (Å²) in [5.74, 6) is -2.63. The quantitative estimate of drug-likeness (QED) is 0.505. The number of halogens is 2. The molecule has 0 radical (unpaired) electrons. The van der Waals surface area contributed by atoms with E-state index in [1.807, 2.05) is 0 Å². The van der Waals surface area contributed by atoms with Crippen LogP contribution < -0.4 is 15.8 Å². The maximum Gasteiger partial charge on any atom is 0.437 e. The molecule has 0 saturated carbocycles. The smallest absolute Gasteiger partial charge is 0.437 e. The zero-order valence-corrected chi connectivity index (χ0v) is 17.1. The molecule has 162 valence electrons. The van der Waals surface area contributed by atoms with Crippen molar-refractivity contribution in [2.24, 2.45) is 7.05 Å². The minimum Gasteiger partial charge on any atom is -0.496 e. The molecule has 0 aliphatic carbocycles. The average molecular weight is 437 g/mol. The molecule has 1 aromatic heterocycles. The van der Waals surface area contributed by atoms with Crippen molar-refractivity contribution < 1.29 is 22.7 Å². The van der Waals surface area contributed by atoms with E-state index in [9.17, 15) is 18.4 Å². The van der Waals surface area contributed by atoms with Crippen LogP contribution in [0.1, 0.15) is 10.4 Å². The Kier molecular flexibility index (Phi) is 5.55. The fourth-order valence-electron chi connectivity index (χ4n) is 3.17. The number of carbonyl (C=O) groups is 1. The van der Waals surface area contributed by atoms with Gasteiger partial charge in [-0.2, -0.15) is 4.68 Å². The molecule has 0 spiro atoms. The minimum absolute atomic E-state index is 0.164. The van der Waals surface area contributed by atoms with Gasteiger partial charge in [0.25, 0.3) is 5.91 Å². The van der Waals surface area contributed by atoms with Gasteiger partial charge in [0, 0.05) is 23.9 Å². The molecule has 3 aromatic carbocycles. The summed E-state index contributed by atoms with van der Waals surface area (Å²) in [6.45, 7) is 0. The lowest BCUT2D eigenvalue weighted by molar-refractivity contribution is 0.101. The van der Waals surface area contributed by atoms with Crippen LogP contribution in [0.2, 0.25) is 0 Å². The van der Waals surface area contributed by atoms with Crippen LogP contribution in [0.3, 0.4) is 0 Å². The highest BCUT2D eigenvalue weighted by molar-refractivity contribution is 6.04. The van der Waals surface area contributed by atoms with Crippen molar-refractivity contribution >= 4 is 11.6 Å². The topological polar surface area (TPSA) is 86.4 Å². The van der Waals surface area contributed by atoms with Gasteiger partial charge in [-0.05, 0) is 48.0 Å². The van der Waals surface area contributed by atoms with E-state index >= 15 is 0 Å². The molecular formula is C23H17F2N3O4. The molecule has 4 aromatic rings. The molecular weight excluding hydrogens is 420 g/mol.